The maximum absolute atomic E-state index is 12.4. The fourth-order valence-corrected chi connectivity index (χ4v) is 1.68. The van der Waals surface area contributed by atoms with Crippen LogP contribution in [-0.2, 0) is 0 Å². The number of hydrogen-bond donors (Lipinski definition) is 1. The van der Waals surface area contributed by atoms with E-state index in [-0.39, 0.29) is 11.3 Å². The molecule has 0 aliphatic carbocycles. The number of aromatic nitrogens is 1. The van der Waals surface area contributed by atoms with Gasteiger partial charge >= 0.3 is 0 Å². The molecule has 0 spiro atoms. The first-order chi connectivity index (χ1) is 6.45. The van der Waals surface area contributed by atoms with Crippen molar-refractivity contribution in [3.05, 3.63) is 26.6 Å². The number of amides is 1. The third kappa shape index (κ3) is 1.99. The SMILES string of the molecule is Cc1c(C(F)F)ncc(C(N)=O)c1I. The van der Waals surface area contributed by atoms with Crippen molar-refractivity contribution in [3.8, 4) is 0 Å². The summed E-state index contributed by atoms with van der Waals surface area (Å²) in [7, 11) is 0. The summed E-state index contributed by atoms with van der Waals surface area (Å²) in [6.45, 7) is 1.49. The van der Waals surface area contributed by atoms with E-state index < -0.39 is 12.3 Å². The van der Waals surface area contributed by atoms with Crippen molar-refractivity contribution < 1.29 is 13.6 Å². The minimum Gasteiger partial charge on any atom is -0.366 e. The lowest BCUT2D eigenvalue weighted by Gasteiger charge is -2.08. The molecule has 0 radical (unpaired) electrons. The van der Waals surface area contributed by atoms with Crippen LogP contribution >= 0.6 is 22.6 Å². The molecule has 0 saturated heterocycles. The van der Waals surface area contributed by atoms with Crippen LogP contribution in [0.15, 0.2) is 6.20 Å². The van der Waals surface area contributed by atoms with Crippen molar-refractivity contribution in [2.75, 3.05) is 0 Å². The molecule has 14 heavy (non-hydrogen) atoms. The molecule has 0 aromatic carbocycles. The smallest absolute Gasteiger partial charge is 0.280 e. The molecule has 0 bridgehead atoms. The van der Waals surface area contributed by atoms with Crippen LogP contribution in [0.3, 0.4) is 0 Å². The average Bonchev–Trinajstić information content (AvgIpc) is 2.08. The lowest BCUT2D eigenvalue weighted by molar-refractivity contribution is 0.0998. The van der Waals surface area contributed by atoms with Crippen LogP contribution in [-0.4, -0.2) is 10.9 Å². The van der Waals surface area contributed by atoms with Gasteiger partial charge in [0.25, 0.3) is 12.3 Å². The molecule has 0 fully saturated rings. The van der Waals surface area contributed by atoms with E-state index in [1.54, 1.807) is 22.6 Å². The summed E-state index contributed by atoms with van der Waals surface area (Å²) in [6.07, 6.45) is -1.55. The molecule has 1 rings (SSSR count). The fraction of sp³-hybridized carbons (Fsp3) is 0.250. The quantitative estimate of drug-likeness (QED) is 0.850. The van der Waals surface area contributed by atoms with E-state index in [1.807, 2.05) is 0 Å². The zero-order valence-electron chi connectivity index (χ0n) is 7.22. The second-order valence-corrected chi connectivity index (χ2v) is 3.74. The Hall–Kier alpha value is -0.790. The summed E-state index contributed by atoms with van der Waals surface area (Å²) in [4.78, 5) is 14.3. The summed E-state index contributed by atoms with van der Waals surface area (Å²) in [5.74, 6) is -0.661. The van der Waals surface area contributed by atoms with Gasteiger partial charge < -0.3 is 5.73 Å². The molecule has 1 aromatic rings. The molecule has 0 saturated carbocycles. The topological polar surface area (TPSA) is 56.0 Å². The van der Waals surface area contributed by atoms with Gasteiger partial charge in [-0.25, -0.2) is 8.78 Å². The van der Waals surface area contributed by atoms with Crippen LogP contribution in [0.25, 0.3) is 0 Å². The summed E-state index contributed by atoms with van der Waals surface area (Å²) in [5.41, 5.74) is 5.21. The van der Waals surface area contributed by atoms with E-state index in [4.69, 9.17) is 5.73 Å². The van der Waals surface area contributed by atoms with Crippen molar-refractivity contribution in [1.82, 2.24) is 4.98 Å². The molecule has 3 nitrogen and oxygen atoms in total. The zero-order chi connectivity index (χ0) is 10.9. The molecule has 0 unspecified atom stereocenters. The van der Waals surface area contributed by atoms with E-state index in [0.717, 1.165) is 6.20 Å². The Morgan fingerprint density at radius 1 is 1.64 bits per heavy atom. The highest BCUT2D eigenvalue weighted by Gasteiger charge is 2.18. The highest BCUT2D eigenvalue weighted by Crippen LogP contribution is 2.25. The van der Waals surface area contributed by atoms with Crippen LogP contribution in [0, 0.1) is 10.5 Å². The third-order valence-electron chi connectivity index (χ3n) is 1.75. The number of nitrogens with two attached hydrogens (primary N) is 1. The van der Waals surface area contributed by atoms with Gasteiger partial charge in [0.2, 0.25) is 0 Å². The van der Waals surface area contributed by atoms with E-state index >= 15 is 0 Å². The highest BCUT2D eigenvalue weighted by molar-refractivity contribution is 14.1. The second kappa shape index (κ2) is 4.16. The third-order valence-corrected chi connectivity index (χ3v) is 3.14. The van der Waals surface area contributed by atoms with Gasteiger partial charge in [-0.2, -0.15) is 0 Å². The highest BCUT2D eigenvalue weighted by atomic mass is 127. The lowest BCUT2D eigenvalue weighted by atomic mass is 10.1. The van der Waals surface area contributed by atoms with Gasteiger partial charge in [-0.1, -0.05) is 0 Å². The van der Waals surface area contributed by atoms with E-state index in [1.165, 1.54) is 6.92 Å². The normalized spacial score (nSPS) is 10.6. The fourth-order valence-electron chi connectivity index (χ4n) is 0.994. The monoisotopic (exact) mass is 312 g/mol. The molecular weight excluding hydrogens is 305 g/mol. The van der Waals surface area contributed by atoms with E-state index in [9.17, 15) is 13.6 Å². The number of rotatable bonds is 2. The maximum Gasteiger partial charge on any atom is 0.280 e. The van der Waals surface area contributed by atoms with Crippen LogP contribution in [0.2, 0.25) is 0 Å². The van der Waals surface area contributed by atoms with Crippen molar-refractivity contribution in [2.45, 2.75) is 13.3 Å². The molecule has 1 amide bonds. The Morgan fingerprint density at radius 2 is 2.21 bits per heavy atom. The number of carbonyl (C=O) groups excluding carboxylic acids is 1. The first-order valence-electron chi connectivity index (χ1n) is 3.68. The largest absolute Gasteiger partial charge is 0.366 e. The molecule has 0 atom stereocenters. The minimum absolute atomic E-state index is 0.174. The van der Waals surface area contributed by atoms with Crippen molar-refractivity contribution in [1.29, 1.82) is 0 Å². The number of pyridine rings is 1. The average molecular weight is 312 g/mol. The predicted octanol–water partition coefficient (Wildman–Crippen LogP) is 2.03. The summed E-state index contributed by atoms with van der Waals surface area (Å²) in [6, 6.07) is 0. The summed E-state index contributed by atoms with van der Waals surface area (Å²) < 4.78 is 25.1. The Labute approximate surface area is 92.8 Å². The van der Waals surface area contributed by atoms with Crippen LogP contribution in [0.1, 0.15) is 28.0 Å². The van der Waals surface area contributed by atoms with E-state index in [0.29, 0.717) is 9.13 Å². The number of primary amides is 1. The number of alkyl halides is 2. The maximum atomic E-state index is 12.4. The molecule has 6 heteroatoms. The molecule has 1 heterocycles. The van der Waals surface area contributed by atoms with Crippen LogP contribution in [0.5, 0.6) is 0 Å². The minimum atomic E-state index is -2.63. The van der Waals surface area contributed by atoms with E-state index in [2.05, 4.69) is 4.98 Å². The van der Waals surface area contributed by atoms with Gasteiger partial charge in [-0.15, -0.1) is 0 Å². The van der Waals surface area contributed by atoms with Gasteiger partial charge in [0.15, 0.2) is 0 Å². The number of nitrogens with zero attached hydrogens (tertiary/aromatic N) is 1. The Balaban J connectivity index is 3.33. The number of hydrogen-bond acceptors (Lipinski definition) is 2. The molecule has 0 aliphatic rings. The lowest BCUT2D eigenvalue weighted by Crippen LogP contribution is -2.15. The van der Waals surface area contributed by atoms with Gasteiger partial charge in [0, 0.05) is 9.77 Å². The van der Waals surface area contributed by atoms with Crippen molar-refractivity contribution in [3.63, 3.8) is 0 Å². The summed E-state index contributed by atoms with van der Waals surface area (Å²) >= 11 is 1.80. The number of carbonyl (C=O) groups is 1. The molecule has 1 aromatic heterocycles. The zero-order valence-corrected chi connectivity index (χ0v) is 9.38. The van der Waals surface area contributed by atoms with Gasteiger partial charge in [0.1, 0.15) is 5.69 Å². The van der Waals surface area contributed by atoms with Gasteiger partial charge in [-0.3, -0.25) is 9.78 Å². The van der Waals surface area contributed by atoms with Crippen LogP contribution in [0.4, 0.5) is 8.78 Å². The molecule has 76 valence electrons. The molecular formula is C8H7F2IN2O. The Kier molecular flexibility index (Phi) is 3.35. The van der Waals surface area contributed by atoms with Gasteiger partial charge in [-0.05, 0) is 35.1 Å². The molecule has 0 aliphatic heterocycles. The van der Waals surface area contributed by atoms with Crippen molar-refractivity contribution >= 4 is 28.5 Å². The van der Waals surface area contributed by atoms with Gasteiger partial charge in [0.05, 0.1) is 5.56 Å². The second-order valence-electron chi connectivity index (χ2n) is 2.66. The van der Waals surface area contributed by atoms with Crippen LogP contribution < -0.4 is 5.73 Å². The van der Waals surface area contributed by atoms with Crippen molar-refractivity contribution in [2.24, 2.45) is 5.73 Å². The Morgan fingerprint density at radius 3 is 2.64 bits per heavy atom. The standard InChI is InChI=1S/C8H7F2IN2O/c1-3-5(11)4(8(12)14)2-13-6(3)7(9)10/h2,7H,1H3,(H2,12,14). The Bertz CT molecular complexity index is 382. The molecule has 2 N–H and O–H groups in total. The predicted molar refractivity (Wildman–Crippen MR) is 55.2 cm³/mol. The number of halogens is 3. The summed E-state index contributed by atoms with van der Waals surface area (Å²) in [5, 5.41) is 0. The first kappa shape index (κ1) is 11.3. The first-order valence-corrected chi connectivity index (χ1v) is 4.76.